The number of carbonyl (C=O) groups is 1. The number of nitrogens with zero attached hydrogens (tertiary/aromatic N) is 3. The average Bonchev–Trinajstić information content (AvgIpc) is 3.06. The standard InChI is InChI=1S/C18H23N3O3/c1-12-15-10-24-18(2,3)8-13(15)14(9-19)17(20-12)23-11-16(22)21-6-4-5-7-21/h4-8,10-11H2,1-3H3. The first kappa shape index (κ1) is 16.7. The Kier molecular flexibility index (Phi) is 4.46. The molecular formula is C18H23N3O3. The van der Waals surface area contributed by atoms with Crippen LogP contribution in [-0.4, -0.2) is 41.1 Å². The maximum Gasteiger partial charge on any atom is 0.260 e. The maximum atomic E-state index is 12.2. The van der Waals surface area contributed by atoms with Gasteiger partial charge >= 0.3 is 0 Å². The number of likely N-dealkylation sites (tertiary alicyclic amines) is 1. The van der Waals surface area contributed by atoms with Crippen LogP contribution >= 0.6 is 0 Å². The average molecular weight is 329 g/mol. The van der Waals surface area contributed by atoms with Crippen molar-refractivity contribution in [2.45, 2.75) is 52.2 Å². The Morgan fingerprint density at radius 1 is 1.38 bits per heavy atom. The number of hydrogen-bond acceptors (Lipinski definition) is 5. The van der Waals surface area contributed by atoms with E-state index in [0.29, 0.717) is 18.6 Å². The Bertz CT molecular complexity index is 700. The minimum absolute atomic E-state index is 0.0442. The number of amides is 1. The van der Waals surface area contributed by atoms with Gasteiger partial charge in [0, 0.05) is 30.8 Å². The van der Waals surface area contributed by atoms with Crippen molar-refractivity contribution < 1.29 is 14.3 Å². The summed E-state index contributed by atoms with van der Waals surface area (Å²) in [6, 6.07) is 2.21. The van der Waals surface area contributed by atoms with Gasteiger partial charge in [0.1, 0.15) is 11.6 Å². The van der Waals surface area contributed by atoms with Gasteiger partial charge in [0.25, 0.3) is 5.91 Å². The van der Waals surface area contributed by atoms with Gasteiger partial charge in [-0.3, -0.25) is 4.79 Å². The van der Waals surface area contributed by atoms with E-state index in [2.05, 4.69) is 11.1 Å². The Morgan fingerprint density at radius 2 is 2.08 bits per heavy atom. The van der Waals surface area contributed by atoms with Crippen molar-refractivity contribution in [2.75, 3.05) is 19.7 Å². The van der Waals surface area contributed by atoms with Crippen LogP contribution in [0.2, 0.25) is 0 Å². The first-order valence-electron chi connectivity index (χ1n) is 8.38. The predicted octanol–water partition coefficient (Wildman–Crippen LogP) is 2.11. The highest BCUT2D eigenvalue weighted by molar-refractivity contribution is 5.78. The summed E-state index contributed by atoms with van der Waals surface area (Å²) in [7, 11) is 0. The van der Waals surface area contributed by atoms with E-state index in [1.54, 1.807) is 4.90 Å². The van der Waals surface area contributed by atoms with Gasteiger partial charge in [-0.05, 0) is 39.2 Å². The van der Waals surface area contributed by atoms with Gasteiger partial charge in [-0.25, -0.2) is 4.98 Å². The van der Waals surface area contributed by atoms with Crippen LogP contribution in [0.15, 0.2) is 0 Å². The Hall–Kier alpha value is -2.13. The monoisotopic (exact) mass is 329 g/mol. The first-order valence-corrected chi connectivity index (χ1v) is 8.38. The molecule has 1 saturated heterocycles. The molecule has 0 N–H and O–H groups in total. The zero-order valence-corrected chi connectivity index (χ0v) is 14.5. The van der Waals surface area contributed by atoms with E-state index < -0.39 is 0 Å². The van der Waals surface area contributed by atoms with E-state index in [9.17, 15) is 10.1 Å². The molecule has 3 heterocycles. The Labute approximate surface area is 142 Å². The predicted molar refractivity (Wildman–Crippen MR) is 87.6 cm³/mol. The lowest BCUT2D eigenvalue weighted by Crippen LogP contribution is -2.34. The third kappa shape index (κ3) is 3.22. The van der Waals surface area contributed by atoms with Crippen LogP contribution in [0.1, 0.15) is 49.1 Å². The van der Waals surface area contributed by atoms with E-state index in [0.717, 1.165) is 42.8 Å². The number of fused-ring (bicyclic) bond motifs is 1. The molecule has 6 heteroatoms. The lowest BCUT2D eigenvalue weighted by molar-refractivity contribution is -0.132. The molecule has 0 aromatic carbocycles. The zero-order valence-electron chi connectivity index (χ0n) is 14.5. The second-order valence-corrected chi connectivity index (χ2v) is 7.05. The molecule has 24 heavy (non-hydrogen) atoms. The number of carbonyl (C=O) groups excluding carboxylic acids is 1. The molecule has 6 nitrogen and oxygen atoms in total. The molecule has 0 spiro atoms. The van der Waals surface area contributed by atoms with Crippen molar-refractivity contribution >= 4 is 5.91 Å². The lowest BCUT2D eigenvalue weighted by Gasteiger charge is -2.33. The molecule has 1 aromatic rings. The van der Waals surface area contributed by atoms with Gasteiger partial charge in [-0.1, -0.05) is 0 Å². The van der Waals surface area contributed by atoms with Crippen LogP contribution in [0.3, 0.4) is 0 Å². The van der Waals surface area contributed by atoms with E-state index in [-0.39, 0.29) is 24.0 Å². The molecule has 0 radical (unpaired) electrons. The maximum absolute atomic E-state index is 12.2. The van der Waals surface area contributed by atoms with E-state index >= 15 is 0 Å². The van der Waals surface area contributed by atoms with E-state index in [1.807, 2.05) is 20.8 Å². The largest absolute Gasteiger partial charge is 0.467 e. The van der Waals surface area contributed by atoms with Gasteiger partial charge in [-0.2, -0.15) is 5.26 Å². The summed E-state index contributed by atoms with van der Waals surface area (Å²) in [5, 5.41) is 9.61. The number of pyridine rings is 1. The summed E-state index contributed by atoms with van der Waals surface area (Å²) in [6.45, 7) is 7.85. The molecule has 0 atom stereocenters. The molecule has 2 aliphatic heterocycles. The van der Waals surface area contributed by atoms with Crippen molar-refractivity contribution in [3.8, 4) is 11.9 Å². The molecule has 0 bridgehead atoms. The summed E-state index contributed by atoms with van der Waals surface area (Å²) in [5.74, 6) is 0.219. The van der Waals surface area contributed by atoms with Crippen LogP contribution in [0.4, 0.5) is 0 Å². The van der Waals surface area contributed by atoms with Crippen LogP contribution in [-0.2, 0) is 22.6 Å². The van der Waals surface area contributed by atoms with Crippen molar-refractivity contribution in [3.05, 3.63) is 22.4 Å². The molecule has 1 amide bonds. The lowest BCUT2D eigenvalue weighted by atomic mass is 9.88. The van der Waals surface area contributed by atoms with Crippen molar-refractivity contribution in [2.24, 2.45) is 0 Å². The number of hydrogen-bond donors (Lipinski definition) is 0. The molecule has 0 saturated carbocycles. The number of aryl methyl sites for hydroxylation is 1. The number of rotatable bonds is 3. The quantitative estimate of drug-likeness (QED) is 0.849. The van der Waals surface area contributed by atoms with Gasteiger partial charge in [0.2, 0.25) is 5.88 Å². The van der Waals surface area contributed by atoms with E-state index in [4.69, 9.17) is 9.47 Å². The highest BCUT2D eigenvalue weighted by Gasteiger charge is 2.31. The second kappa shape index (κ2) is 6.40. The SMILES string of the molecule is Cc1nc(OCC(=O)N2CCCC2)c(C#N)c2c1COC(C)(C)C2. The molecule has 1 aromatic heterocycles. The number of ether oxygens (including phenoxy) is 2. The first-order chi connectivity index (χ1) is 11.4. The van der Waals surface area contributed by atoms with Crippen molar-refractivity contribution in [3.63, 3.8) is 0 Å². The molecule has 0 unspecified atom stereocenters. The summed E-state index contributed by atoms with van der Waals surface area (Å²) in [6.07, 6.45) is 2.71. The smallest absolute Gasteiger partial charge is 0.260 e. The highest BCUT2D eigenvalue weighted by Crippen LogP contribution is 2.34. The van der Waals surface area contributed by atoms with Crippen molar-refractivity contribution in [1.29, 1.82) is 5.26 Å². The fourth-order valence-electron chi connectivity index (χ4n) is 3.31. The van der Waals surface area contributed by atoms with Crippen LogP contribution in [0, 0.1) is 18.3 Å². The van der Waals surface area contributed by atoms with Crippen LogP contribution in [0.25, 0.3) is 0 Å². The molecule has 128 valence electrons. The summed E-state index contributed by atoms with van der Waals surface area (Å²) in [4.78, 5) is 18.4. The van der Waals surface area contributed by atoms with Crippen molar-refractivity contribution in [1.82, 2.24) is 9.88 Å². The third-order valence-corrected chi connectivity index (χ3v) is 4.70. The minimum atomic E-state index is -0.324. The molecular weight excluding hydrogens is 306 g/mol. The molecule has 3 rings (SSSR count). The fourth-order valence-corrected chi connectivity index (χ4v) is 3.31. The number of aromatic nitrogens is 1. The summed E-state index contributed by atoms with van der Waals surface area (Å²) < 4.78 is 11.5. The molecule has 2 aliphatic rings. The Morgan fingerprint density at radius 3 is 2.75 bits per heavy atom. The normalized spacial score (nSPS) is 18.8. The summed E-state index contributed by atoms with van der Waals surface area (Å²) in [5.41, 5.74) is 2.80. The Balaban J connectivity index is 1.84. The highest BCUT2D eigenvalue weighted by atomic mass is 16.5. The third-order valence-electron chi connectivity index (χ3n) is 4.70. The van der Waals surface area contributed by atoms with Gasteiger partial charge in [0.15, 0.2) is 6.61 Å². The molecule has 1 fully saturated rings. The number of nitriles is 1. The second-order valence-electron chi connectivity index (χ2n) is 7.05. The van der Waals surface area contributed by atoms with E-state index in [1.165, 1.54) is 0 Å². The van der Waals surface area contributed by atoms with Crippen LogP contribution in [0.5, 0.6) is 5.88 Å². The van der Waals surface area contributed by atoms with Gasteiger partial charge in [-0.15, -0.1) is 0 Å². The topological polar surface area (TPSA) is 75.5 Å². The van der Waals surface area contributed by atoms with Gasteiger partial charge < -0.3 is 14.4 Å². The minimum Gasteiger partial charge on any atom is -0.467 e. The zero-order chi connectivity index (χ0) is 17.3. The molecule has 0 aliphatic carbocycles. The fraction of sp³-hybridized carbons (Fsp3) is 0.611. The van der Waals surface area contributed by atoms with Crippen LogP contribution < -0.4 is 4.74 Å². The summed E-state index contributed by atoms with van der Waals surface area (Å²) >= 11 is 0. The van der Waals surface area contributed by atoms with Gasteiger partial charge in [0.05, 0.1) is 12.2 Å².